The summed E-state index contributed by atoms with van der Waals surface area (Å²) in [5, 5.41) is 30.2. The minimum atomic E-state index is -1.01. The van der Waals surface area contributed by atoms with Crippen molar-refractivity contribution in [1.29, 1.82) is 0 Å². The lowest BCUT2D eigenvalue weighted by atomic mass is 10.0. The number of imide groups is 4. The number of aliphatic imine (C=N–C) groups is 2. The molecule has 8 aliphatic heterocycles. The highest BCUT2D eigenvalue weighted by Gasteiger charge is 2.47. The molecule has 16 rings (SSSR count). The number of nitrogens with one attached hydrogen (secondary N) is 7. The second kappa shape index (κ2) is 48.4. The number of amidine groups is 2. The third-order valence-electron chi connectivity index (χ3n) is 25.8. The molecule has 11 amide bonds. The van der Waals surface area contributed by atoms with E-state index in [-0.39, 0.29) is 109 Å². The SMILES string of the molecule is NC(=NC(=O)c1ccc(N2CCN(CC(=O)NCCCCCCNc3ccc4c(c3)C(=O)N(C3CCC(=O)NC3=O)C4=O)CC2)cc1NC1CCOCC1)c1cc(Cc2cc(F)cc(F)c2)ccc1N.NC(=NC(=O)c1ccc(N2CCN(CC(=O)O)CC2)cc1NC1CCOCC1)c1cc(Cc2cc(F)cc(F)c2)ccc1N.NCCCCCCNc1ccc2c(c1)C(=O)N(C1CCC(=O)NC1=O)C2=O. The Labute approximate surface area is 812 Å². The average Bonchev–Trinajstić information content (AvgIpc) is 1.60. The quantitative estimate of drug-likeness (QED) is 0.00439. The van der Waals surface area contributed by atoms with Crippen molar-refractivity contribution in [3.05, 3.63) is 236 Å². The van der Waals surface area contributed by atoms with Gasteiger partial charge < -0.3 is 79.6 Å². The van der Waals surface area contributed by atoms with Crippen LogP contribution in [0, 0.1) is 23.3 Å². The van der Waals surface area contributed by atoms with E-state index in [1.807, 2.05) is 29.2 Å². The van der Waals surface area contributed by atoms with E-state index in [1.54, 1.807) is 84.9 Å². The van der Waals surface area contributed by atoms with Gasteiger partial charge in [-0.3, -0.25) is 87.8 Å². The summed E-state index contributed by atoms with van der Waals surface area (Å²) < 4.78 is 66.2. The van der Waals surface area contributed by atoms with Crippen LogP contribution in [0.25, 0.3) is 0 Å². The summed E-state index contributed by atoms with van der Waals surface area (Å²) in [4.78, 5) is 169. The fraction of sp³-hybridized carbons (Fsp3) is 0.392. The third kappa shape index (κ3) is 27.3. The Morgan fingerprint density at radius 1 is 0.418 bits per heavy atom. The van der Waals surface area contributed by atoms with Gasteiger partial charge in [0.2, 0.25) is 29.5 Å². The number of nitrogens with zero attached hydrogens (tertiary/aromatic N) is 8. The van der Waals surface area contributed by atoms with Gasteiger partial charge in [0.25, 0.3) is 35.4 Å². The highest BCUT2D eigenvalue weighted by Crippen LogP contribution is 2.36. The van der Waals surface area contributed by atoms with E-state index in [0.717, 1.165) is 123 Å². The van der Waals surface area contributed by atoms with Crippen molar-refractivity contribution in [3.63, 3.8) is 0 Å². The lowest BCUT2D eigenvalue weighted by Gasteiger charge is -2.36. The van der Waals surface area contributed by atoms with Crippen molar-refractivity contribution in [2.75, 3.05) is 161 Å². The maximum Gasteiger partial charge on any atom is 0.317 e. The van der Waals surface area contributed by atoms with Crippen LogP contribution in [-0.4, -0.2) is 250 Å². The van der Waals surface area contributed by atoms with Crippen LogP contribution in [0.15, 0.2) is 156 Å². The van der Waals surface area contributed by atoms with Gasteiger partial charge in [-0.15, -0.1) is 0 Å². The summed E-state index contributed by atoms with van der Waals surface area (Å²) in [6.45, 7) is 10.7. The largest absolute Gasteiger partial charge is 0.480 e. The van der Waals surface area contributed by atoms with E-state index in [4.69, 9.17) is 43.2 Å². The minimum Gasteiger partial charge on any atom is -0.480 e. The number of hydrogen-bond donors (Lipinski definition) is 13. The summed E-state index contributed by atoms with van der Waals surface area (Å²) in [6, 6.07) is 36.0. The number of ether oxygens (including phenoxy) is 2. The number of amides is 11. The first-order valence-electron chi connectivity index (χ1n) is 47.7. The number of halogens is 4. The van der Waals surface area contributed by atoms with Gasteiger partial charge in [-0.1, -0.05) is 37.8 Å². The zero-order valence-electron chi connectivity index (χ0n) is 78.3. The van der Waals surface area contributed by atoms with Crippen molar-refractivity contribution in [1.82, 2.24) is 35.6 Å². The first-order valence-corrected chi connectivity index (χ1v) is 47.7. The van der Waals surface area contributed by atoms with Crippen molar-refractivity contribution in [2.45, 2.75) is 140 Å². The molecule has 0 aliphatic carbocycles. The number of aliphatic carboxylic acids is 1. The second-order valence-electron chi connectivity index (χ2n) is 36.0. The van der Waals surface area contributed by atoms with E-state index in [9.17, 15) is 75.1 Å². The maximum absolute atomic E-state index is 13.9. The fourth-order valence-electron chi connectivity index (χ4n) is 18.3. The molecule has 0 aromatic heterocycles. The number of nitrogen functional groups attached to an aromatic ring is 2. The molecule has 0 saturated carbocycles. The first-order chi connectivity index (χ1) is 68.0. The molecule has 2 unspecified atom stereocenters. The molecule has 141 heavy (non-hydrogen) atoms. The molecule has 0 spiro atoms. The summed E-state index contributed by atoms with van der Waals surface area (Å²) in [5.74, 6) is -8.93. The Morgan fingerprint density at radius 3 is 1.21 bits per heavy atom. The van der Waals surface area contributed by atoms with Gasteiger partial charge >= 0.3 is 5.97 Å². The number of unbranched alkanes of at least 4 members (excludes halogenated alkanes) is 6. The van der Waals surface area contributed by atoms with E-state index < -0.39 is 94.5 Å². The third-order valence-corrected chi connectivity index (χ3v) is 25.8. The van der Waals surface area contributed by atoms with Gasteiger partial charge in [0.05, 0.1) is 46.5 Å². The van der Waals surface area contributed by atoms with Gasteiger partial charge in [0.1, 0.15) is 47.0 Å². The van der Waals surface area contributed by atoms with Crippen LogP contribution in [-0.2, 0) is 51.1 Å². The molecule has 0 bridgehead atoms. The zero-order valence-corrected chi connectivity index (χ0v) is 78.3. The van der Waals surface area contributed by atoms with Gasteiger partial charge in [-0.2, -0.15) is 9.98 Å². The van der Waals surface area contributed by atoms with Gasteiger partial charge in [-0.25, -0.2) is 17.6 Å². The van der Waals surface area contributed by atoms with Gasteiger partial charge in [-0.05, 0) is 227 Å². The topological polar surface area (TPSA) is 502 Å². The van der Waals surface area contributed by atoms with Crippen LogP contribution in [0.1, 0.15) is 198 Å². The monoisotopic (exact) mass is 1940 g/mol. The number of carboxylic acid groups (broad SMARTS) is 1. The number of piperidine rings is 2. The van der Waals surface area contributed by atoms with E-state index in [1.165, 1.54) is 24.3 Å². The van der Waals surface area contributed by atoms with Crippen LogP contribution < -0.4 is 75.7 Å². The Kier molecular flexibility index (Phi) is 35.1. The first kappa shape index (κ1) is 102. The van der Waals surface area contributed by atoms with Crippen LogP contribution in [0.4, 0.5) is 63.1 Å². The summed E-state index contributed by atoms with van der Waals surface area (Å²) >= 11 is 0. The smallest absolute Gasteiger partial charge is 0.317 e. The highest BCUT2D eigenvalue weighted by molar-refractivity contribution is 6.25. The molecule has 8 aliphatic rings. The molecule has 39 heteroatoms. The number of hydrogen-bond acceptors (Lipinski definition) is 25. The Bertz CT molecular complexity index is 6040. The fourth-order valence-corrected chi connectivity index (χ4v) is 18.3. The summed E-state index contributed by atoms with van der Waals surface area (Å²) in [7, 11) is 0. The predicted molar refractivity (Wildman–Crippen MR) is 525 cm³/mol. The van der Waals surface area contributed by atoms with Crippen molar-refractivity contribution < 1.29 is 89.7 Å². The number of benzene rings is 8. The van der Waals surface area contributed by atoms with Crippen molar-refractivity contribution >= 4 is 128 Å². The number of rotatable bonds is 35. The molecule has 8 aromatic carbocycles. The molecule has 35 nitrogen and oxygen atoms in total. The number of fused-ring (bicyclic) bond motifs is 2. The summed E-state index contributed by atoms with van der Waals surface area (Å²) in [5.41, 5.74) is 40.4. The lowest BCUT2D eigenvalue weighted by molar-refractivity contribution is -0.139. The number of nitrogens with two attached hydrogens (primary N) is 5. The molecule has 0 radical (unpaired) electrons. The number of piperazine rings is 2. The van der Waals surface area contributed by atoms with Crippen LogP contribution >= 0.6 is 0 Å². The lowest BCUT2D eigenvalue weighted by Crippen LogP contribution is -2.54. The Morgan fingerprint density at radius 2 is 0.809 bits per heavy atom. The zero-order chi connectivity index (χ0) is 99.9. The Balaban J connectivity index is 0.000000188. The molecule has 8 aromatic rings. The number of anilines is 8. The van der Waals surface area contributed by atoms with Crippen molar-refractivity contribution in [2.24, 2.45) is 27.2 Å². The number of carboxylic acids is 1. The summed E-state index contributed by atoms with van der Waals surface area (Å²) in [6.07, 6.45) is 11.7. The molecule has 8 heterocycles. The second-order valence-corrected chi connectivity index (χ2v) is 36.0. The maximum atomic E-state index is 13.9. The van der Waals surface area contributed by atoms with Crippen LogP contribution in [0.2, 0.25) is 0 Å². The minimum absolute atomic E-state index is 0.00798. The molecule has 744 valence electrons. The molecular weight excluding hydrogens is 1820 g/mol. The van der Waals surface area contributed by atoms with E-state index in [0.29, 0.717) is 171 Å². The molecule has 18 N–H and O–H groups in total. The standard InChI is InChI=1S/C51H58F2N10O7.C32H36F2N6O4.C19H24N4O4/c52-33-24-32(25-34(53)27-33)23-31-5-10-42(54)41(26-31)47(55)60-48(66)39-9-7-37(29-43(39)58-35-13-21-70-22-14-35)62-19-17-61(18-20-62)30-46(65)57-16-4-2-1-3-15-56-36-6-8-38-40(28-36)51(69)63(50(38)68)44-11-12-45(64)59-49(44)67;33-22-14-21(15-23(34)17-22)13-20-1-4-28(35)27(16-20)31(36)38-32(43)26-3-2-25(18-29(26)37-24-5-11-44-12-6-24)40-9-7-39(8-10-40)19-30(41)42;20-9-3-1-2-4-10-21-12-5-6-13-14(11-12)19(27)23(18(13)26)15-7-8-16(24)22-17(15)25/h5-10,24-29,35,44,56,58H,1-4,11-23,30,54H2,(H,57,65)(H2,55,60,66)(H,59,64,67);1-4,14-18,24,37H,5-13,19,35H2,(H,41,42)(H2,36,38,43);5-6,11,15,21H,1-4,7-10,20H2,(H,22,24,25). The molecule has 6 fully saturated rings. The van der Waals surface area contributed by atoms with Crippen LogP contribution in [0.5, 0.6) is 0 Å². The molecule has 6 saturated heterocycles. The number of carbonyl (C=O) groups is 12. The van der Waals surface area contributed by atoms with Crippen molar-refractivity contribution in [3.8, 4) is 0 Å². The average molecular weight is 1940 g/mol. The predicted octanol–water partition coefficient (Wildman–Crippen LogP) is 9.09. The normalized spacial score (nSPS) is 17.8. The Hall–Kier alpha value is -14.5. The highest BCUT2D eigenvalue weighted by atomic mass is 19.1. The van der Waals surface area contributed by atoms with Gasteiger partial charge in [0.15, 0.2) is 0 Å². The van der Waals surface area contributed by atoms with Gasteiger partial charge in [0, 0.05) is 192 Å². The molecule has 2 atom stereocenters. The van der Waals surface area contributed by atoms with E-state index in [2.05, 4.69) is 61.9 Å². The van der Waals surface area contributed by atoms with E-state index >= 15 is 0 Å². The van der Waals surface area contributed by atoms with Crippen LogP contribution in [0.3, 0.4) is 0 Å². The number of carbonyl (C=O) groups excluding carboxylic acids is 11. The molecular formula is C102H118F4N20O15.